The fraction of sp³-hybridized carbons (Fsp3) is 0.520. The number of hydrogen-bond donors (Lipinski definition) is 1. The minimum Gasteiger partial charge on any atom is -0.479 e. The Labute approximate surface area is 211 Å². The van der Waals surface area contributed by atoms with Crippen molar-refractivity contribution in [3.05, 3.63) is 30.5 Å². The summed E-state index contributed by atoms with van der Waals surface area (Å²) in [4.78, 5) is 6.36. The van der Waals surface area contributed by atoms with E-state index in [9.17, 15) is 8.78 Å². The van der Waals surface area contributed by atoms with Gasteiger partial charge in [0.25, 0.3) is 5.92 Å². The molecule has 0 radical (unpaired) electrons. The second-order valence-corrected chi connectivity index (χ2v) is 10.3. The van der Waals surface area contributed by atoms with Crippen LogP contribution in [0.15, 0.2) is 30.5 Å². The molecule has 1 saturated carbocycles. The summed E-state index contributed by atoms with van der Waals surface area (Å²) in [6, 6.07) is 7.29. The molecule has 0 amide bonds. The van der Waals surface area contributed by atoms with Gasteiger partial charge >= 0.3 is 0 Å². The summed E-state index contributed by atoms with van der Waals surface area (Å²) < 4.78 is 50.7. The zero-order chi connectivity index (χ0) is 25.9. The summed E-state index contributed by atoms with van der Waals surface area (Å²) >= 11 is 0. The molecule has 9 nitrogen and oxygen atoms in total. The highest BCUT2D eigenvalue weighted by Crippen LogP contribution is 2.41. The maximum Gasteiger partial charge on any atom is 0.251 e. The zero-order valence-corrected chi connectivity index (χ0v) is 20.9. The molecular formula is C25H29F3N8O. The van der Waals surface area contributed by atoms with Gasteiger partial charge in [-0.15, -0.1) is 10.2 Å². The van der Waals surface area contributed by atoms with Gasteiger partial charge in [0.05, 0.1) is 18.7 Å². The molecule has 0 spiro atoms. The molecule has 1 N–H and O–H groups in total. The van der Waals surface area contributed by atoms with Crippen LogP contribution in [0.5, 0.6) is 5.88 Å². The summed E-state index contributed by atoms with van der Waals surface area (Å²) in [5.74, 6) is -2.00. The van der Waals surface area contributed by atoms with Gasteiger partial charge in [-0.2, -0.15) is 4.98 Å². The summed E-state index contributed by atoms with van der Waals surface area (Å²) in [5, 5.41) is 16.2. The van der Waals surface area contributed by atoms with E-state index in [-0.39, 0.29) is 37.4 Å². The quantitative estimate of drug-likeness (QED) is 0.409. The van der Waals surface area contributed by atoms with Crippen molar-refractivity contribution in [3.8, 4) is 17.0 Å². The van der Waals surface area contributed by atoms with E-state index in [1.807, 2.05) is 40.0 Å². The molecule has 3 aromatic heterocycles. The van der Waals surface area contributed by atoms with Crippen molar-refractivity contribution >= 4 is 22.5 Å². The number of benzene rings is 1. The molecule has 37 heavy (non-hydrogen) atoms. The van der Waals surface area contributed by atoms with Gasteiger partial charge in [0, 0.05) is 49.8 Å². The molecule has 2 atom stereocenters. The maximum absolute atomic E-state index is 15.0. The lowest BCUT2D eigenvalue weighted by Gasteiger charge is -2.46. The van der Waals surface area contributed by atoms with Gasteiger partial charge in [-0.3, -0.25) is 4.90 Å². The van der Waals surface area contributed by atoms with Crippen LogP contribution in [-0.2, 0) is 0 Å². The first kappa shape index (κ1) is 24.0. The number of fused-ring (bicyclic) bond motifs is 2. The normalized spacial score (nSPS) is 22.6. The summed E-state index contributed by atoms with van der Waals surface area (Å²) in [6.07, 6.45) is 0.692. The lowest BCUT2D eigenvalue weighted by molar-refractivity contribution is -0.131. The number of hydrogen-bond acceptors (Lipinski definition) is 7. The highest BCUT2D eigenvalue weighted by atomic mass is 19.3. The predicted octanol–water partition coefficient (Wildman–Crippen LogP) is 4.35. The molecule has 1 aromatic carbocycles. The molecule has 12 heteroatoms. The van der Waals surface area contributed by atoms with Crippen LogP contribution in [0.2, 0.25) is 0 Å². The molecule has 0 unspecified atom stereocenters. The predicted molar refractivity (Wildman–Crippen MR) is 133 cm³/mol. The van der Waals surface area contributed by atoms with Crippen LogP contribution in [0, 0.1) is 0 Å². The minimum absolute atomic E-state index is 0.121. The van der Waals surface area contributed by atoms with Crippen LogP contribution in [0.4, 0.5) is 19.1 Å². The molecule has 1 aliphatic carbocycles. The average molecular weight is 515 g/mol. The summed E-state index contributed by atoms with van der Waals surface area (Å²) in [6.45, 7) is 4.78. The van der Waals surface area contributed by atoms with Crippen LogP contribution in [0.25, 0.3) is 27.7 Å². The van der Waals surface area contributed by atoms with Gasteiger partial charge in [0.15, 0.2) is 0 Å². The number of aromatic nitrogens is 6. The number of likely N-dealkylation sites (tertiary alicyclic amines) is 1. The summed E-state index contributed by atoms with van der Waals surface area (Å²) in [5.41, 5.74) is 4.26. The van der Waals surface area contributed by atoms with E-state index in [0.717, 1.165) is 22.2 Å². The number of halogens is 3. The van der Waals surface area contributed by atoms with Gasteiger partial charge in [-0.1, -0.05) is 11.3 Å². The van der Waals surface area contributed by atoms with Crippen molar-refractivity contribution < 1.29 is 17.9 Å². The number of rotatable bonds is 6. The standard InChI is InChI=1S/C25H29F3N8O/c1-14(2)36-21-10-15(4-5-20(21)31-33-36)17-6-9-35-22(17)23(37-3)30-24(32-35)29-19-7-8-34(13-18(19)26)16-11-25(27,28)12-16/h4-6,9-10,14,16,18-19H,7-8,11-13H2,1-3H3,(H,29,32)/t18-,19+/m1/s1. The molecular weight excluding hydrogens is 485 g/mol. The smallest absolute Gasteiger partial charge is 0.251 e. The largest absolute Gasteiger partial charge is 0.479 e. The highest BCUT2D eigenvalue weighted by Gasteiger charge is 2.49. The van der Waals surface area contributed by atoms with Crippen LogP contribution in [0.3, 0.4) is 0 Å². The zero-order valence-electron chi connectivity index (χ0n) is 20.9. The molecule has 4 aromatic rings. The van der Waals surface area contributed by atoms with Gasteiger partial charge in [0.2, 0.25) is 11.8 Å². The number of methoxy groups -OCH3 is 1. The van der Waals surface area contributed by atoms with Gasteiger partial charge in [-0.05, 0) is 44.0 Å². The summed E-state index contributed by atoms with van der Waals surface area (Å²) in [7, 11) is 1.54. The molecule has 2 fully saturated rings. The first-order valence-corrected chi connectivity index (χ1v) is 12.5. The van der Waals surface area contributed by atoms with Crippen molar-refractivity contribution in [2.24, 2.45) is 0 Å². The Morgan fingerprint density at radius 3 is 2.70 bits per heavy atom. The Hall–Kier alpha value is -3.41. The first-order chi connectivity index (χ1) is 17.7. The molecule has 196 valence electrons. The van der Waals surface area contributed by atoms with E-state index >= 15 is 4.39 Å². The van der Waals surface area contributed by atoms with Crippen molar-refractivity contribution in [1.82, 2.24) is 34.5 Å². The van der Waals surface area contributed by atoms with E-state index in [0.29, 0.717) is 24.4 Å². The van der Waals surface area contributed by atoms with Crippen LogP contribution >= 0.6 is 0 Å². The lowest BCUT2D eigenvalue weighted by Crippen LogP contribution is -2.57. The lowest BCUT2D eigenvalue weighted by atomic mass is 9.85. The molecule has 4 heterocycles. The number of nitrogens with zero attached hydrogens (tertiary/aromatic N) is 7. The van der Waals surface area contributed by atoms with E-state index < -0.39 is 18.1 Å². The van der Waals surface area contributed by atoms with Crippen molar-refractivity contribution in [1.29, 1.82) is 0 Å². The van der Waals surface area contributed by atoms with Crippen molar-refractivity contribution in [3.63, 3.8) is 0 Å². The van der Waals surface area contributed by atoms with Crippen molar-refractivity contribution in [2.45, 2.75) is 63.3 Å². The van der Waals surface area contributed by atoms with E-state index in [2.05, 4.69) is 39.6 Å². The van der Waals surface area contributed by atoms with Crippen LogP contribution in [0.1, 0.15) is 39.2 Å². The second kappa shape index (κ2) is 8.86. The Balaban J connectivity index is 1.25. The monoisotopic (exact) mass is 514 g/mol. The van der Waals surface area contributed by atoms with Crippen LogP contribution < -0.4 is 10.1 Å². The molecule has 0 bridgehead atoms. The molecule has 1 aliphatic heterocycles. The van der Waals surface area contributed by atoms with Gasteiger partial charge in [0.1, 0.15) is 17.2 Å². The topological polar surface area (TPSA) is 85.4 Å². The van der Waals surface area contributed by atoms with E-state index in [1.165, 1.54) is 7.11 Å². The first-order valence-electron chi connectivity index (χ1n) is 12.5. The third kappa shape index (κ3) is 4.26. The Morgan fingerprint density at radius 2 is 2.00 bits per heavy atom. The number of piperidine rings is 1. The third-order valence-electron chi connectivity index (χ3n) is 7.42. The third-order valence-corrected chi connectivity index (χ3v) is 7.42. The molecule has 6 rings (SSSR count). The maximum atomic E-state index is 15.0. The fourth-order valence-corrected chi connectivity index (χ4v) is 5.39. The molecule has 1 saturated heterocycles. The Bertz CT molecular complexity index is 1440. The number of anilines is 1. The Kier molecular flexibility index (Phi) is 5.74. The average Bonchev–Trinajstić information content (AvgIpc) is 3.47. The highest BCUT2D eigenvalue weighted by molar-refractivity contribution is 5.89. The minimum atomic E-state index is -2.61. The molecule has 2 aliphatic rings. The number of alkyl halides is 3. The van der Waals surface area contributed by atoms with Gasteiger partial charge < -0.3 is 10.1 Å². The Morgan fingerprint density at radius 1 is 1.19 bits per heavy atom. The van der Waals surface area contributed by atoms with Gasteiger partial charge in [-0.25, -0.2) is 22.4 Å². The van der Waals surface area contributed by atoms with E-state index in [1.54, 1.807) is 4.52 Å². The number of ether oxygens (including phenoxy) is 1. The second-order valence-electron chi connectivity index (χ2n) is 10.3. The van der Waals surface area contributed by atoms with E-state index in [4.69, 9.17) is 4.74 Å². The van der Waals surface area contributed by atoms with Crippen molar-refractivity contribution in [2.75, 3.05) is 25.5 Å². The SMILES string of the molecule is COc1nc(N[C@H]2CCN(C3CC(F)(F)C3)C[C@H]2F)nn2ccc(-c3ccc4nnn(C(C)C)c4c3)c12. The number of nitrogens with one attached hydrogen (secondary N) is 1. The fourth-order valence-electron chi connectivity index (χ4n) is 5.39. The van der Waals surface area contributed by atoms with Crippen LogP contribution in [-0.4, -0.2) is 78.9 Å².